The molecule has 2 nitrogen and oxygen atoms in total. The van der Waals surface area contributed by atoms with E-state index in [0.717, 1.165) is 6.42 Å². The summed E-state index contributed by atoms with van der Waals surface area (Å²) in [4.78, 5) is 0. The predicted molar refractivity (Wildman–Crippen MR) is 57.0 cm³/mol. The number of rotatable bonds is 0. The van der Waals surface area contributed by atoms with E-state index in [1.165, 1.54) is 0 Å². The molecule has 1 unspecified atom stereocenters. The Labute approximate surface area is 83.8 Å². The number of phenolic OH excluding ortho intramolecular Hbond substituents is 1. The summed E-state index contributed by atoms with van der Waals surface area (Å²) < 4.78 is 0. The van der Waals surface area contributed by atoms with Gasteiger partial charge in [0.05, 0.1) is 6.10 Å². The van der Waals surface area contributed by atoms with Crippen molar-refractivity contribution in [2.75, 3.05) is 0 Å². The second-order valence-electron chi connectivity index (χ2n) is 2.95. The lowest BCUT2D eigenvalue weighted by molar-refractivity contribution is 0.225. The molecule has 14 heavy (non-hydrogen) atoms. The molecule has 1 atom stereocenters. The average Bonchev–Trinajstić information content (AvgIpc) is 2.21. The molecule has 1 aromatic carbocycles. The van der Waals surface area contributed by atoms with Gasteiger partial charge in [0, 0.05) is 0 Å². The van der Waals surface area contributed by atoms with Crippen LogP contribution in [0.1, 0.15) is 6.42 Å². The summed E-state index contributed by atoms with van der Waals surface area (Å²) in [5.41, 5.74) is 0. The van der Waals surface area contributed by atoms with E-state index < -0.39 is 0 Å². The molecule has 0 heterocycles. The Morgan fingerprint density at radius 2 is 1.79 bits per heavy atom. The Kier molecular flexibility index (Phi) is 4.51. The largest absolute Gasteiger partial charge is 0.508 e. The predicted octanol–water partition coefficient (Wildman–Crippen LogP) is 2.26. The third-order valence-electron chi connectivity index (χ3n) is 1.71. The van der Waals surface area contributed by atoms with E-state index in [4.69, 9.17) is 10.2 Å². The van der Waals surface area contributed by atoms with E-state index in [-0.39, 0.29) is 6.10 Å². The van der Waals surface area contributed by atoms with Gasteiger partial charge in [0.25, 0.3) is 0 Å². The van der Waals surface area contributed by atoms with E-state index in [9.17, 15) is 0 Å². The van der Waals surface area contributed by atoms with Gasteiger partial charge in [-0.05, 0) is 18.6 Å². The normalized spacial score (nSPS) is 18.5. The minimum atomic E-state index is -0.231. The molecule has 2 N–H and O–H groups in total. The molecule has 2 rings (SSSR count). The molecule has 0 radical (unpaired) electrons. The van der Waals surface area contributed by atoms with Crippen molar-refractivity contribution in [2.24, 2.45) is 0 Å². The Hall–Kier alpha value is -1.54. The van der Waals surface area contributed by atoms with Crippen molar-refractivity contribution < 1.29 is 10.2 Å². The van der Waals surface area contributed by atoms with Gasteiger partial charge in [0.2, 0.25) is 0 Å². The van der Waals surface area contributed by atoms with Gasteiger partial charge in [-0.15, -0.1) is 0 Å². The van der Waals surface area contributed by atoms with E-state index >= 15 is 0 Å². The third kappa shape index (κ3) is 4.48. The molecule has 0 saturated carbocycles. The molecule has 74 valence electrons. The Bertz CT molecular complexity index is 301. The van der Waals surface area contributed by atoms with Crippen molar-refractivity contribution >= 4 is 0 Å². The topological polar surface area (TPSA) is 40.5 Å². The first-order chi connectivity index (χ1) is 6.79. The molecule has 1 aliphatic carbocycles. The molecule has 1 aromatic rings. The summed E-state index contributed by atoms with van der Waals surface area (Å²) in [6.45, 7) is 0. The summed E-state index contributed by atoms with van der Waals surface area (Å²) in [5, 5.41) is 17.4. The smallest absolute Gasteiger partial charge is 0.115 e. The summed E-state index contributed by atoms with van der Waals surface area (Å²) in [6.07, 6.45) is 8.06. The minimum Gasteiger partial charge on any atom is -0.508 e. The number of phenols is 1. The number of para-hydroxylation sites is 1. The maximum Gasteiger partial charge on any atom is 0.115 e. The lowest BCUT2D eigenvalue weighted by Crippen LogP contribution is -2.00. The third-order valence-corrected chi connectivity index (χ3v) is 1.71. The molecule has 0 spiro atoms. The van der Waals surface area contributed by atoms with Crippen LogP contribution in [0.25, 0.3) is 0 Å². The van der Waals surface area contributed by atoms with Gasteiger partial charge in [-0.3, -0.25) is 0 Å². The second kappa shape index (κ2) is 6.00. The van der Waals surface area contributed by atoms with Crippen LogP contribution in [-0.2, 0) is 0 Å². The molecule has 0 saturated heterocycles. The van der Waals surface area contributed by atoms with Crippen LogP contribution in [0.15, 0.2) is 54.6 Å². The highest BCUT2D eigenvalue weighted by atomic mass is 16.3. The van der Waals surface area contributed by atoms with E-state index in [1.807, 2.05) is 24.3 Å². The maximum absolute atomic E-state index is 8.77. The Morgan fingerprint density at radius 3 is 2.07 bits per heavy atom. The van der Waals surface area contributed by atoms with Gasteiger partial charge in [-0.1, -0.05) is 42.5 Å². The highest BCUT2D eigenvalue weighted by molar-refractivity contribution is 5.18. The van der Waals surface area contributed by atoms with Crippen molar-refractivity contribution in [3.63, 3.8) is 0 Å². The molecule has 0 bridgehead atoms. The first-order valence-corrected chi connectivity index (χ1v) is 4.54. The van der Waals surface area contributed by atoms with Gasteiger partial charge >= 0.3 is 0 Å². The lowest BCUT2D eigenvalue weighted by atomic mass is 10.1. The number of allylic oxidation sites excluding steroid dienone is 2. The maximum atomic E-state index is 8.77. The van der Waals surface area contributed by atoms with Crippen LogP contribution in [0, 0.1) is 0 Å². The molecule has 0 amide bonds. The Balaban J connectivity index is 0.000000140. The zero-order valence-corrected chi connectivity index (χ0v) is 7.88. The molecule has 0 fully saturated rings. The SMILES string of the molecule is OC1C=CC=CC1.Oc1ccccc1. The first-order valence-electron chi connectivity index (χ1n) is 4.54. The van der Waals surface area contributed by atoms with Crippen molar-refractivity contribution in [1.29, 1.82) is 0 Å². The van der Waals surface area contributed by atoms with E-state index in [2.05, 4.69) is 0 Å². The number of hydrogen-bond acceptors (Lipinski definition) is 2. The van der Waals surface area contributed by atoms with Gasteiger partial charge < -0.3 is 10.2 Å². The molecular weight excluding hydrogens is 176 g/mol. The molecular formula is C12H14O2. The number of hydrogen-bond donors (Lipinski definition) is 2. The van der Waals surface area contributed by atoms with Crippen LogP contribution in [0.5, 0.6) is 5.75 Å². The fourth-order valence-electron chi connectivity index (χ4n) is 0.996. The van der Waals surface area contributed by atoms with Crippen LogP contribution >= 0.6 is 0 Å². The monoisotopic (exact) mass is 190 g/mol. The summed E-state index contributed by atoms with van der Waals surface area (Å²) in [6, 6.07) is 8.71. The van der Waals surface area contributed by atoms with Crippen LogP contribution < -0.4 is 0 Å². The molecule has 0 aromatic heterocycles. The summed E-state index contributed by atoms with van der Waals surface area (Å²) >= 11 is 0. The summed E-state index contributed by atoms with van der Waals surface area (Å²) in [5.74, 6) is 0.322. The number of benzene rings is 1. The van der Waals surface area contributed by atoms with Crippen molar-refractivity contribution in [1.82, 2.24) is 0 Å². The summed E-state index contributed by atoms with van der Waals surface area (Å²) in [7, 11) is 0. The highest BCUT2D eigenvalue weighted by Gasteiger charge is 1.95. The van der Waals surface area contributed by atoms with Crippen LogP contribution in [0.3, 0.4) is 0 Å². The van der Waals surface area contributed by atoms with Crippen molar-refractivity contribution in [3.05, 3.63) is 54.6 Å². The highest BCUT2D eigenvalue weighted by Crippen LogP contribution is 2.02. The molecule has 0 aliphatic heterocycles. The quantitative estimate of drug-likeness (QED) is 0.658. The zero-order chi connectivity index (χ0) is 10.2. The standard InChI is InChI=1S/C6H8O.C6H6O/c2*7-6-4-2-1-3-5-6/h1-4,6-7H,5H2;1-5,7H. The van der Waals surface area contributed by atoms with Gasteiger partial charge in [-0.2, -0.15) is 0 Å². The van der Waals surface area contributed by atoms with E-state index in [1.54, 1.807) is 30.3 Å². The Morgan fingerprint density at radius 1 is 1.07 bits per heavy atom. The zero-order valence-electron chi connectivity index (χ0n) is 7.88. The molecule has 2 heteroatoms. The van der Waals surface area contributed by atoms with Crippen molar-refractivity contribution in [2.45, 2.75) is 12.5 Å². The van der Waals surface area contributed by atoms with Crippen LogP contribution in [-0.4, -0.2) is 16.3 Å². The van der Waals surface area contributed by atoms with Crippen LogP contribution in [0.4, 0.5) is 0 Å². The molecule has 1 aliphatic rings. The lowest BCUT2D eigenvalue weighted by Gasteiger charge is -2.01. The fraction of sp³-hybridized carbons (Fsp3) is 0.167. The van der Waals surface area contributed by atoms with E-state index in [0.29, 0.717) is 5.75 Å². The number of aliphatic hydroxyl groups is 1. The first kappa shape index (κ1) is 10.5. The van der Waals surface area contributed by atoms with Gasteiger partial charge in [0.15, 0.2) is 0 Å². The minimum absolute atomic E-state index is 0.231. The van der Waals surface area contributed by atoms with Gasteiger partial charge in [0.1, 0.15) is 5.75 Å². The number of aliphatic hydroxyl groups excluding tert-OH is 1. The second-order valence-corrected chi connectivity index (χ2v) is 2.95. The van der Waals surface area contributed by atoms with Crippen molar-refractivity contribution in [3.8, 4) is 5.75 Å². The van der Waals surface area contributed by atoms with Crippen LogP contribution in [0.2, 0.25) is 0 Å². The number of aromatic hydroxyl groups is 1. The fourth-order valence-corrected chi connectivity index (χ4v) is 0.996. The average molecular weight is 190 g/mol. The van der Waals surface area contributed by atoms with Gasteiger partial charge in [-0.25, -0.2) is 0 Å².